The van der Waals surface area contributed by atoms with E-state index in [2.05, 4.69) is 40.8 Å². The Bertz CT molecular complexity index is 1230. The first-order chi connectivity index (χ1) is 15.1. The van der Waals surface area contributed by atoms with Crippen LogP contribution in [0.5, 0.6) is 5.75 Å². The van der Waals surface area contributed by atoms with Crippen LogP contribution >= 0.6 is 0 Å². The highest BCUT2D eigenvalue weighted by atomic mass is 16.5. The van der Waals surface area contributed by atoms with Crippen molar-refractivity contribution in [3.63, 3.8) is 0 Å². The molecule has 0 aliphatic rings. The van der Waals surface area contributed by atoms with Gasteiger partial charge in [0.25, 0.3) is 5.91 Å². The minimum Gasteiger partial charge on any atom is -0.486 e. The topological polar surface area (TPSA) is 81.4 Å². The minimum atomic E-state index is -0.297. The fourth-order valence-electron chi connectivity index (χ4n) is 3.25. The molecule has 1 heterocycles. The van der Waals surface area contributed by atoms with Crippen molar-refractivity contribution in [2.45, 2.75) is 20.0 Å². The number of Topliss-reactive ketones (excluding diaryl/α,β-unsaturated/α-hetero) is 1. The molecule has 0 unspecified atom stereocenters. The van der Waals surface area contributed by atoms with E-state index in [0.717, 1.165) is 12.0 Å². The summed E-state index contributed by atoms with van der Waals surface area (Å²) in [4.78, 5) is 23.8. The molecule has 1 N–H and O–H groups in total. The number of ketones is 1. The van der Waals surface area contributed by atoms with Gasteiger partial charge in [0.2, 0.25) is 0 Å². The van der Waals surface area contributed by atoms with Gasteiger partial charge in [-0.25, -0.2) is 0 Å². The molecule has 1 aromatic heterocycles. The first-order valence-corrected chi connectivity index (χ1v) is 10.0. The van der Waals surface area contributed by atoms with Crippen LogP contribution in [0.4, 0.5) is 0 Å². The Balaban J connectivity index is 1.28. The predicted octanol–water partition coefficient (Wildman–Crippen LogP) is 4.58. The highest BCUT2D eigenvalue weighted by Gasteiger charge is 2.13. The summed E-state index contributed by atoms with van der Waals surface area (Å²) >= 11 is 0. The zero-order valence-electron chi connectivity index (χ0n) is 17.1. The Labute approximate surface area is 179 Å². The third-order valence-electron chi connectivity index (χ3n) is 4.93. The summed E-state index contributed by atoms with van der Waals surface area (Å²) in [5.41, 5.74) is 1.93. The van der Waals surface area contributed by atoms with Gasteiger partial charge in [-0.15, -0.1) is 0 Å². The Morgan fingerprint density at radius 2 is 1.81 bits per heavy atom. The second kappa shape index (κ2) is 9.26. The number of carbonyl (C=O) groups excluding carboxylic acids is 2. The normalized spacial score (nSPS) is 10.7. The van der Waals surface area contributed by atoms with Crippen molar-refractivity contribution in [1.29, 1.82) is 0 Å². The third kappa shape index (κ3) is 5.17. The van der Waals surface area contributed by atoms with E-state index in [1.54, 1.807) is 30.3 Å². The van der Waals surface area contributed by atoms with Gasteiger partial charge in [0.15, 0.2) is 17.2 Å². The summed E-state index contributed by atoms with van der Waals surface area (Å²) in [6.45, 7) is 2.10. The van der Waals surface area contributed by atoms with Crippen LogP contribution in [0.1, 0.15) is 39.1 Å². The molecule has 0 fully saturated rings. The van der Waals surface area contributed by atoms with Gasteiger partial charge in [-0.3, -0.25) is 9.59 Å². The first-order valence-electron chi connectivity index (χ1n) is 10.0. The molecule has 0 saturated carbocycles. The van der Waals surface area contributed by atoms with Crippen molar-refractivity contribution in [2.24, 2.45) is 0 Å². The molecule has 6 nitrogen and oxygen atoms in total. The Morgan fingerprint density at radius 1 is 0.968 bits per heavy atom. The van der Waals surface area contributed by atoms with Crippen molar-refractivity contribution in [3.05, 3.63) is 95.4 Å². The maximum absolute atomic E-state index is 12.3. The van der Waals surface area contributed by atoms with Crippen LogP contribution in [0, 0.1) is 0 Å². The highest BCUT2D eigenvalue weighted by Crippen LogP contribution is 2.17. The number of ether oxygens (including phenoxy) is 1. The molecule has 0 atom stereocenters. The Kier molecular flexibility index (Phi) is 6.08. The molecule has 156 valence electrons. The number of aromatic nitrogens is 1. The molecule has 4 rings (SSSR count). The molecule has 3 aromatic carbocycles. The monoisotopic (exact) mass is 414 g/mol. The van der Waals surface area contributed by atoms with E-state index >= 15 is 0 Å². The third-order valence-corrected chi connectivity index (χ3v) is 4.93. The van der Waals surface area contributed by atoms with Gasteiger partial charge in [0.05, 0.1) is 0 Å². The van der Waals surface area contributed by atoms with E-state index in [-0.39, 0.29) is 24.0 Å². The number of nitrogens with zero attached hydrogens (tertiary/aromatic N) is 1. The fourth-order valence-corrected chi connectivity index (χ4v) is 3.25. The summed E-state index contributed by atoms with van der Waals surface area (Å²) in [7, 11) is 0. The van der Waals surface area contributed by atoms with Gasteiger partial charge in [0.1, 0.15) is 12.4 Å². The largest absolute Gasteiger partial charge is 0.486 e. The summed E-state index contributed by atoms with van der Waals surface area (Å²) in [6.07, 6.45) is 0.719. The smallest absolute Gasteiger partial charge is 0.273 e. The maximum Gasteiger partial charge on any atom is 0.273 e. The molecular weight excluding hydrogens is 392 g/mol. The van der Waals surface area contributed by atoms with Crippen molar-refractivity contribution >= 4 is 22.5 Å². The average molecular weight is 414 g/mol. The van der Waals surface area contributed by atoms with Gasteiger partial charge >= 0.3 is 0 Å². The van der Waals surface area contributed by atoms with Crippen molar-refractivity contribution in [1.82, 2.24) is 10.5 Å². The zero-order valence-corrected chi connectivity index (χ0v) is 17.1. The van der Waals surface area contributed by atoms with Gasteiger partial charge in [0, 0.05) is 18.2 Å². The lowest BCUT2D eigenvalue weighted by molar-refractivity contribution is 0.0944. The zero-order chi connectivity index (χ0) is 21.6. The number of hydrogen-bond donors (Lipinski definition) is 1. The molecular formula is C25H22N2O4. The molecule has 0 spiro atoms. The fraction of sp³-hybridized carbons (Fsp3) is 0.160. The lowest BCUT2D eigenvalue weighted by Crippen LogP contribution is -2.25. The quantitative estimate of drug-likeness (QED) is 0.427. The SMILES string of the molecule is CC(=O)c1cccc(OCc2cc(C(=O)NCCc3ccc4ccccc4c3)no2)c1. The minimum absolute atomic E-state index is 0.0345. The van der Waals surface area contributed by atoms with Crippen LogP contribution in [-0.4, -0.2) is 23.4 Å². The molecule has 0 aliphatic carbocycles. The number of fused-ring (bicyclic) bond motifs is 1. The first kappa shape index (κ1) is 20.3. The van der Waals surface area contributed by atoms with Gasteiger partial charge in [-0.05, 0) is 41.8 Å². The molecule has 0 radical (unpaired) electrons. The predicted molar refractivity (Wildman–Crippen MR) is 117 cm³/mol. The highest BCUT2D eigenvalue weighted by molar-refractivity contribution is 5.94. The number of rotatable bonds is 8. The van der Waals surface area contributed by atoms with E-state index in [1.165, 1.54) is 17.7 Å². The summed E-state index contributed by atoms with van der Waals surface area (Å²) < 4.78 is 10.8. The average Bonchev–Trinajstić information content (AvgIpc) is 3.27. The molecule has 1 amide bonds. The van der Waals surface area contributed by atoms with Gasteiger partial charge < -0.3 is 14.6 Å². The molecule has 31 heavy (non-hydrogen) atoms. The van der Waals surface area contributed by atoms with Crippen LogP contribution in [0.25, 0.3) is 10.8 Å². The molecule has 0 aliphatic heterocycles. The van der Waals surface area contributed by atoms with Crippen LogP contribution < -0.4 is 10.1 Å². The summed E-state index contributed by atoms with van der Waals surface area (Å²) in [6, 6.07) is 22.9. The van der Waals surface area contributed by atoms with E-state index < -0.39 is 0 Å². The Hall–Kier alpha value is -3.93. The van der Waals surface area contributed by atoms with Gasteiger partial charge in [-0.2, -0.15) is 0 Å². The number of amides is 1. The van der Waals surface area contributed by atoms with Crippen LogP contribution in [0.15, 0.2) is 77.3 Å². The Morgan fingerprint density at radius 3 is 2.65 bits per heavy atom. The molecule has 0 bridgehead atoms. The van der Waals surface area contributed by atoms with E-state index in [4.69, 9.17) is 9.26 Å². The van der Waals surface area contributed by atoms with Crippen molar-refractivity contribution in [3.8, 4) is 5.75 Å². The second-order valence-electron chi connectivity index (χ2n) is 7.24. The van der Waals surface area contributed by atoms with E-state index in [0.29, 0.717) is 23.6 Å². The summed E-state index contributed by atoms with van der Waals surface area (Å²) in [5, 5.41) is 9.06. The lowest BCUT2D eigenvalue weighted by Gasteiger charge is -2.05. The number of nitrogens with one attached hydrogen (secondary N) is 1. The number of benzene rings is 3. The van der Waals surface area contributed by atoms with Crippen LogP contribution in [-0.2, 0) is 13.0 Å². The molecule has 4 aromatic rings. The molecule has 6 heteroatoms. The van der Waals surface area contributed by atoms with Crippen molar-refractivity contribution < 1.29 is 18.8 Å². The van der Waals surface area contributed by atoms with Crippen LogP contribution in [0.3, 0.4) is 0 Å². The van der Waals surface area contributed by atoms with Crippen molar-refractivity contribution in [2.75, 3.05) is 6.54 Å². The lowest BCUT2D eigenvalue weighted by atomic mass is 10.1. The number of hydrogen-bond acceptors (Lipinski definition) is 5. The standard InChI is InChI=1S/C25H22N2O4/c1-17(28)20-7-4-8-22(14-20)30-16-23-15-24(27-31-23)25(29)26-12-11-18-9-10-19-5-2-3-6-21(19)13-18/h2-10,13-15H,11-12,16H2,1H3,(H,26,29). The molecule has 0 saturated heterocycles. The van der Waals surface area contributed by atoms with Crippen LogP contribution in [0.2, 0.25) is 0 Å². The summed E-state index contributed by atoms with van der Waals surface area (Å²) in [5.74, 6) is 0.639. The van der Waals surface area contributed by atoms with E-state index in [9.17, 15) is 9.59 Å². The van der Waals surface area contributed by atoms with E-state index in [1.807, 2.05) is 12.1 Å². The maximum atomic E-state index is 12.3. The second-order valence-corrected chi connectivity index (χ2v) is 7.24. The number of carbonyl (C=O) groups is 2. The van der Waals surface area contributed by atoms with Gasteiger partial charge in [-0.1, -0.05) is 59.8 Å².